The van der Waals surface area contributed by atoms with Crippen LogP contribution in [-0.4, -0.2) is 87.1 Å². The first-order valence-corrected chi connectivity index (χ1v) is 13.6. The molecule has 0 atom stereocenters. The minimum atomic E-state index is 0. The molecular formula is C28H35ClN2O4S. The third-order valence-electron chi connectivity index (χ3n) is 7.08. The Bertz CT molecular complexity index is 1180. The van der Waals surface area contributed by atoms with Crippen molar-refractivity contribution in [3.05, 3.63) is 47.5 Å². The molecule has 0 amide bonds. The molecule has 2 fully saturated rings. The van der Waals surface area contributed by atoms with Crippen LogP contribution in [0.1, 0.15) is 46.4 Å². The van der Waals surface area contributed by atoms with E-state index >= 15 is 0 Å². The van der Waals surface area contributed by atoms with Crippen LogP contribution < -0.4 is 0 Å². The first kappa shape index (κ1) is 27.2. The molecule has 0 N–H and O–H groups in total. The van der Waals surface area contributed by atoms with Gasteiger partial charge in [0.15, 0.2) is 11.6 Å². The first-order valence-electron chi connectivity index (χ1n) is 12.8. The predicted octanol–water partition coefficient (Wildman–Crippen LogP) is 5.07. The fourth-order valence-electron chi connectivity index (χ4n) is 4.99. The number of halogens is 1. The summed E-state index contributed by atoms with van der Waals surface area (Å²) in [5.41, 5.74) is 1.56. The van der Waals surface area contributed by atoms with Crippen LogP contribution >= 0.6 is 23.7 Å². The molecule has 0 unspecified atom stereocenters. The molecule has 2 aromatic carbocycles. The van der Waals surface area contributed by atoms with Crippen LogP contribution in [0, 0.1) is 0 Å². The Morgan fingerprint density at radius 1 is 0.694 bits per heavy atom. The summed E-state index contributed by atoms with van der Waals surface area (Å²) in [5.74, 6) is 0.403. The molecular weight excluding hydrogens is 496 g/mol. The molecule has 36 heavy (non-hydrogen) atoms. The Hall–Kier alpha value is -1.87. The van der Waals surface area contributed by atoms with Gasteiger partial charge in [-0.1, -0.05) is 12.1 Å². The number of benzene rings is 2. The molecule has 1 aromatic heterocycles. The lowest BCUT2D eigenvalue weighted by atomic mass is 10.0. The molecule has 2 saturated heterocycles. The van der Waals surface area contributed by atoms with Gasteiger partial charge >= 0.3 is 0 Å². The van der Waals surface area contributed by atoms with E-state index in [1.165, 1.54) is 0 Å². The van der Waals surface area contributed by atoms with Crippen molar-refractivity contribution in [1.82, 2.24) is 9.80 Å². The number of fused-ring (bicyclic) bond motifs is 3. The van der Waals surface area contributed by atoms with Crippen molar-refractivity contribution >= 4 is 55.5 Å². The number of ether oxygens (including phenoxy) is 2. The summed E-state index contributed by atoms with van der Waals surface area (Å²) in [7, 11) is 0. The van der Waals surface area contributed by atoms with E-state index in [0.717, 1.165) is 110 Å². The SMILES string of the molecule is Cl.O=C(CCCN1CCOCC1)c1ccc2c(c1)sc1ccc(C(=O)CCCN3CCOCC3)cc12. The monoisotopic (exact) mass is 530 g/mol. The highest BCUT2D eigenvalue weighted by Gasteiger charge is 2.15. The Morgan fingerprint density at radius 3 is 1.81 bits per heavy atom. The highest BCUT2D eigenvalue weighted by molar-refractivity contribution is 7.25. The molecule has 194 valence electrons. The second-order valence-corrected chi connectivity index (χ2v) is 10.6. The zero-order valence-electron chi connectivity index (χ0n) is 20.7. The van der Waals surface area contributed by atoms with Gasteiger partial charge in [-0.3, -0.25) is 19.4 Å². The van der Waals surface area contributed by atoms with E-state index in [9.17, 15) is 9.59 Å². The highest BCUT2D eigenvalue weighted by Crippen LogP contribution is 2.35. The summed E-state index contributed by atoms with van der Waals surface area (Å²) in [4.78, 5) is 30.4. The Balaban J connectivity index is 0.00000304. The van der Waals surface area contributed by atoms with Gasteiger partial charge in [0.2, 0.25) is 0 Å². The van der Waals surface area contributed by atoms with E-state index in [0.29, 0.717) is 12.8 Å². The van der Waals surface area contributed by atoms with Crippen molar-refractivity contribution in [3.8, 4) is 0 Å². The number of rotatable bonds is 10. The normalized spacial score (nSPS) is 17.3. The van der Waals surface area contributed by atoms with E-state index in [1.54, 1.807) is 11.3 Å². The van der Waals surface area contributed by atoms with Crippen LogP contribution in [0.2, 0.25) is 0 Å². The van der Waals surface area contributed by atoms with Gasteiger partial charge in [-0.2, -0.15) is 0 Å². The van der Waals surface area contributed by atoms with Crippen LogP contribution in [-0.2, 0) is 9.47 Å². The van der Waals surface area contributed by atoms with Crippen molar-refractivity contribution in [2.24, 2.45) is 0 Å². The van der Waals surface area contributed by atoms with Crippen LogP contribution in [0.15, 0.2) is 36.4 Å². The number of morpholine rings is 2. The van der Waals surface area contributed by atoms with E-state index < -0.39 is 0 Å². The zero-order valence-corrected chi connectivity index (χ0v) is 22.3. The Morgan fingerprint density at radius 2 is 1.22 bits per heavy atom. The Labute approximate surface area is 222 Å². The standard InChI is InChI=1S/C28H34N2O4S.ClH/c31-25(3-1-9-29-11-15-33-16-12-29)21-6-8-27-24(19-21)23-7-5-22(20-28(23)35-27)26(32)4-2-10-30-13-17-34-18-14-30;/h5-8,19-20H,1-4,9-18H2;1H. The first-order chi connectivity index (χ1) is 17.2. The summed E-state index contributed by atoms with van der Waals surface area (Å²) in [6.45, 7) is 8.89. The van der Waals surface area contributed by atoms with Gasteiger partial charge in [0.25, 0.3) is 0 Å². The van der Waals surface area contributed by atoms with Crippen molar-refractivity contribution < 1.29 is 19.1 Å². The topological polar surface area (TPSA) is 59.1 Å². The van der Waals surface area contributed by atoms with Gasteiger partial charge in [-0.25, -0.2) is 0 Å². The average Bonchev–Trinajstić information content (AvgIpc) is 3.27. The van der Waals surface area contributed by atoms with Gasteiger partial charge < -0.3 is 9.47 Å². The maximum absolute atomic E-state index is 12.9. The number of carbonyl (C=O) groups excluding carboxylic acids is 2. The van der Waals surface area contributed by atoms with Gasteiger partial charge in [0.1, 0.15) is 0 Å². The number of Topliss-reactive ketones (excluding diaryl/α,β-unsaturated/α-hetero) is 2. The number of hydrogen-bond donors (Lipinski definition) is 0. The third-order valence-corrected chi connectivity index (χ3v) is 8.21. The number of carbonyl (C=O) groups is 2. The number of nitrogens with zero attached hydrogens (tertiary/aromatic N) is 2. The summed E-state index contributed by atoms with van der Waals surface area (Å²) in [6.07, 6.45) is 2.88. The molecule has 2 aliphatic heterocycles. The van der Waals surface area contributed by atoms with Gasteiger partial charge in [-0.15, -0.1) is 23.7 Å². The molecule has 5 rings (SSSR count). The van der Waals surface area contributed by atoms with Crippen molar-refractivity contribution in [1.29, 1.82) is 0 Å². The smallest absolute Gasteiger partial charge is 0.162 e. The molecule has 0 radical (unpaired) electrons. The molecule has 0 bridgehead atoms. The molecule has 3 aromatic rings. The van der Waals surface area contributed by atoms with Crippen molar-refractivity contribution in [3.63, 3.8) is 0 Å². The number of hydrogen-bond acceptors (Lipinski definition) is 7. The second kappa shape index (κ2) is 13.1. The maximum atomic E-state index is 12.9. The predicted molar refractivity (Wildman–Crippen MR) is 148 cm³/mol. The molecule has 8 heteroatoms. The van der Waals surface area contributed by atoms with Crippen LogP contribution in [0.3, 0.4) is 0 Å². The zero-order chi connectivity index (χ0) is 24.0. The molecule has 6 nitrogen and oxygen atoms in total. The van der Waals surface area contributed by atoms with E-state index in [-0.39, 0.29) is 24.0 Å². The van der Waals surface area contributed by atoms with E-state index in [4.69, 9.17) is 9.47 Å². The van der Waals surface area contributed by atoms with Crippen molar-refractivity contribution in [2.45, 2.75) is 25.7 Å². The van der Waals surface area contributed by atoms with E-state index in [2.05, 4.69) is 21.9 Å². The van der Waals surface area contributed by atoms with Crippen LogP contribution in [0.5, 0.6) is 0 Å². The molecule has 0 saturated carbocycles. The lowest BCUT2D eigenvalue weighted by Gasteiger charge is -2.26. The molecule has 2 aliphatic rings. The quantitative estimate of drug-likeness (QED) is 0.341. The lowest BCUT2D eigenvalue weighted by Crippen LogP contribution is -2.36. The fourth-order valence-corrected chi connectivity index (χ4v) is 6.11. The Kier molecular flexibility index (Phi) is 9.87. The maximum Gasteiger partial charge on any atom is 0.162 e. The minimum absolute atomic E-state index is 0. The summed E-state index contributed by atoms with van der Waals surface area (Å²) in [5, 5.41) is 2.23. The summed E-state index contributed by atoms with van der Waals surface area (Å²) >= 11 is 1.69. The highest BCUT2D eigenvalue weighted by atomic mass is 35.5. The largest absolute Gasteiger partial charge is 0.379 e. The van der Waals surface area contributed by atoms with Crippen LogP contribution in [0.4, 0.5) is 0 Å². The number of thiophene rings is 1. The summed E-state index contributed by atoms with van der Waals surface area (Å²) in [6, 6.07) is 12.1. The average molecular weight is 531 g/mol. The fraction of sp³-hybridized carbons (Fsp3) is 0.500. The molecule has 0 aliphatic carbocycles. The van der Waals surface area contributed by atoms with E-state index in [1.807, 2.05) is 24.3 Å². The molecule has 3 heterocycles. The lowest BCUT2D eigenvalue weighted by molar-refractivity contribution is 0.0370. The molecule has 0 spiro atoms. The second-order valence-electron chi connectivity index (χ2n) is 9.49. The van der Waals surface area contributed by atoms with Crippen molar-refractivity contribution in [2.75, 3.05) is 65.7 Å². The van der Waals surface area contributed by atoms with Gasteiger partial charge in [-0.05, 0) is 50.2 Å². The van der Waals surface area contributed by atoms with Gasteiger partial charge in [0.05, 0.1) is 26.4 Å². The summed E-state index contributed by atoms with van der Waals surface area (Å²) < 4.78 is 13.0. The van der Waals surface area contributed by atoms with Crippen LogP contribution in [0.25, 0.3) is 20.2 Å². The number of ketones is 2. The third kappa shape index (κ3) is 6.71. The minimum Gasteiger partial charge on any atom is -0.379 e. The van der Waals surface area contributed by atoms with Gasteiger partial charge in [0, 0.05) is 70.3 Å².